The maximum atomic E-state index is 13.2. The first-order valence-electron chi connectivity index (χ1n) is 11.9. The number of nitrogen functional groups attached to an aromatic ring is 1. The molecule has 0 unspecified atom stereocenters. The monoisotopic (exact) mass is 470 g/mol. The van der Waals surface area contributed by atoms with Crippen molar-refractivity contribution in [3.05, 3.63) is 65.2 Å². The van der Waals surface area contributed by atoms with E-state index in [1.54, 1.807) is 6.21 Å². The Hall–Kier alpha value is -3.78. The van der Waals surface area contributed by atoms with Crippen LogP contribution in [0.5, 0.6) is 0 Å². The fourth-order valence-corrected chi connectivity index (χ4v) is 4.28. The molecule has 8 nitrogen and oxygen atoms in total. The first-order chi connectivity index (χ1) is 16.8. The number of amides is 1. The Bertz CT molecular complexity index is 1410. The van der Waals surface area contributed by atoms with Gasteiger partial charge in [0, 0.05) is 13.2 Å². The van der Waals surface area contributed by atoms with Crippen molar-refractivity contribution in [2.24, 2.45) is 5.10 Å². The van der Waals surface area contributed by atoms with Gasteiger partial charge >= 0.3 is 0 Å². The fraction of sp³-hybridized carbons (Fsp3) is 0.333. The summed E-state index contributed by atoms with van der Waals surface area (Å²) in [5.41, 5.74) is 11.2. The highest BCUT2D eigenvalue weighted by Crippen LogP contribution is 2.28. The van der Waals surface area contributed by atoms with Gasteiger partial charge in [-0.05, 0) is 41.5 Å². The number of nitrogens with two attached hydrogens (primary N) is 1. The highest BCUT2D eigenvalue weighted by Gasteiger charge is 2.25. The van der Waals surface area contributed by atoms with Gasteiger partial charge in [0.2, 0.25) is 0 Å². The Labute approximate surface area is 204 Å². The quantitative estimate of drug-likeness (QED) is 0.424. The number of benzene rings is 2. The highest BCUT2D eigenvalue weighted by atomic mass is 16.5. The molecule has 5 rings (SSSR count). The molecule has 1 fully saturated rings. The van der Waals surface area contributed by atoms with E-state index in [0.717, 1.165) is 25.0 Å². The van der Waals surface area contributed by atoms with Crippen LogP contribution in [0.2, 0.25) is 0 Å². The molecule has 8 heteroatoms. The van der Waals surface area contributed by atoms with Crippen molar-refractivity contribution in [2.45, 2.75) is 45.1 Å². The van der Waals surface area contributed by atoms with Crippen molar-refractivity contribution in [1.82, 2.24) is 20.0 Å². The molecule has 0 bridgehead atoms. The average Bonchev–Trinajstić information content (AvgIpc) is 3.45. The molecule has 0 saturated carbocycles. The molecule has 4 aromatic rings. The summed E-state index contributed by atoms with van der Waals surface area (Å²) < 4.78 is 7.13. The Kier molecular flexibility index (Phi) is 5.98. The molecule has 0 radical (unpaired) electrons. The number of nitrogens with one attached hydrogen (secondary N) is 1. The van der Waals surface area contributed by atoms with Crippen LogP contribution in [0.25, 0.3) is 22.2 Å². The van der Waals surface area contributed by atoms with Crippen LogP contribution in [0.1, 0.15) is 55.1 Å². The SMILES string of the molecule is CC(C)(C)c1ccc(/C=N\n2c(N)c(C(=O)NC[C@@H]3CCCO3)c3nc4ccccc4nc32)cc1. The summed E-state index contributed by atoms with van der Waals surface area (Å²) in [5.74, 6) is -0.112. The van der Waals surface area contributed by atoms with E-state index in [2.05, 4.69) is 43.3 Å². The van der Waals surface area contributed by atoms with E-state index in [1.165, 1.54) is 10.2 Å². The lowest BCUT2D eigenvalue weighted by Gasteiger charge is -2.18. The Balaban J connectivity index is 1.54. The third-order valence-corrected chi connectivity index (χ3v) is 6.31. The zero-order valence-electron chi connectivity index (χ0n) is 20.3. The summed E-state index contributed by atoms with van der Waals surface area (Å²) in [6.07, 6.45) is 3.67. The van der Waals surface area contributed by atoms with Crippen molar-refractivity contribution in [3.8, 4) is 0 Å². The summed E-state index contributed by atoms with van der Waals surface area (Å²) >= 11 is 0. The first-order valence-corrected chi connectivity index (χ1v) is 11.9. The van der Waals surface area contributed by atoms with E-state index < -0.39 is 0 Å². The maximum Gasteiger partial charge on any atom is 0.257 e. The smallest absolute Gasteiger partial charge is 0.257 e. The molecule has 3 heterocycles. The molecular formula is C27H30N6O2. The van der Waals surface area contributed by atoms with Crippen molar-refractivity contribution in [1.29, 1.82) is 0 Å². The first kappa shape index (κ1) is 23.0. The standard InChI is InChI=1S/C27H30N6O2/c1-27(2,3)18-12-10-17(11-13-18)15-30-33-24(28)22(26(34)29-16-19-7-6-14-35-19)23-25(33)32-21-9-5-4-8-20(21)31-23/h4-5,8-13,15,19H,6-7,14,16,28H2,1-3H3,(H,29,34)/b30-15-/t19-/m0/s1. The van der Waals surface area contributed by atoms with Gasteiger partial charge in [0.1, 0.15) is 16.9 Å². The normalized spacial score (nSPS) is 16.5. The van der Waals surface area contributed by atoms with Crippen molar-refractivity contribution >= 4 is 40.1 Å². The van der Waals surface area contributed by atoms with Gasteiger partial charge in [-0.1, -0.05) is 57.2 Å². The number of aromatic nitrogens is 3. The summed E-state index contributed by atoms with van der Waals surface area (Å²) in [5, 5.41) is 7.56. The van der Waals surface area contributed by atoms with Crippen LogP contribution in [0.3, 0.4) is 0 Å². The minimum Gasteiger partial charge on any atom is -0.383 e. The molecule has 1 amide bonds. The van der Waals surface area contributed by atoms with E-state index in [0.29, 0.717) is 28.7 Å². The number of ether oxygens (including phenoxy) is 1. The zero-order chi connectivity index (χ0) is 24.6. The predicted octanol–water partition coefficient (Wildman–Crippen LogP) is 4.26. The second-order valence-corrected chi connectivity index (χ2v) is 9.92. The van der Waals surface area contributed by atoms with Crippen LogP contribution < -0.4 is 11.1 Å². The summed E-state index contributed by atoms with van der Waals surface area (Å²) in [6, 6.07) is 15.7. The molecule has 1 aliphatic rings. The highest BCUT2D eigenvalue weighted by molar-refractivity contribution is 6.10. The van der Waals surface area contributed by atoms with Gasteiger partial charge in [0.15, 0.2) is 5.65 Å². The number of anilines is 1. The number of para-hydroxylation sites is 2. The van der Waals surface area contributed by atoms with E-state index in [-0.39, 0.29) is 28.8 Å². The van der Waals surface area contributed by atoms with Crippen LogP contribution in [-0.4, -0.2) is 46.0 Å². The lowest BCUT2D eigenvalue weighted by molar-refractivity contribution is 0.0859. The molecular weight excluding hydrogens is 440 g/mol. The van der Waals surface area contributed by atoms with Crippen LogP contribution in [0, 0.1) is 0 Å². The van der Waals surface area contributed by atoms with Gasteiger partial charge < -0.3 is 15.8 Å². The summed E-state index contributed by atoms with van der Waals surface area (Å²) in [4.78, 5) is 22.7. The lowest BCUT2D eigenvalue weighted by Crippen LogP contribution is -2.32. The third kappa shape index (κ3) is 4.61. The van der Waals surface area contributed by atoms with Crippen LogP contribution in [0.15, 0.2) is 53.6 Å². The summed E-state index contributed by atoms with van der Waals surface area (Å²) in [7, 11) is 0. The molecule has 1 atom stereocenters. The number of fused-ring (bicyclic) bond motifs is 2. The molecule has 35 heavy (non-hydrogen) atoms. The molecule has 2 aromatic heterocycles. The van der Waals surface area contributed by atoms with Crippen LogP contribution >= 0.6 is 0 Å². The van der Waals surface area contributed by atoms with Crippen LogP contribution in [-0.2, 0) is 10.2 Å². The topological polar surface area (TPSA) is 107 Å². The number of hydrogen-bond acceptors (Lipinski definition) is 6. The lowest BCUT2D eigenvalue weighted by atomic mass is 9.87. The summed E-state index contributed by atoms with van der Waals surface area (Å²) in [6.45, 7) is 7.69. The van der Waals surface area contributed by atoms with Gasteiger partial charge in [-0.15, -0.1) is 0 Å². The second kappa shape index (κ2) is 9.11. The zero-order valence-corrected chi connectivity index (χ0v) is 20.3. The van der Waals surface area contributed by atoms with Gasteiger partial charge in [0.05, 0.1) is 23.4 Å². The Morgan fingerprint density at radius 2 is 1.89 bits per heavy atom. The molecule has 0 spiro atoms. The van der Waals surface area contributed by atoms with E-state index in [4.69, 9.17) is 20.4 Å². The van der Waals surface area contributed by atoms with Crippen LogP contribution in [0.4, 0.5) is 5.82 Å². The molecule has 1 aliphatic heterocycles. The molecule has 1 saturated heterocycles. The van der Waals surface area contributed by atoms with Gasteiger partial charge in [-0.2, -0.15) is 9.78 Å². The van der Waals surface area contributed by atoms with E-state index >= 15 is 0 Å². The van der Waals surface area contributed by atoms with Crippen molar-refractivity contribution < 1.29 is 9.53 Å². The average molecular weight is 471 g/mol. The number of hydrogen-bond donors (Lipinski definition) is 2. The van der Waals surface area contributed by atoms with Gasteiger partial charge in [-0.3, -0.25) is 4.79 Å². The predicted molar refractivity (Wildman–Crippen MR) is 139 cm³/mol. The van der Waals surface area contributed by atoms with Gasteiger partial charge in [0.25, 0.3) is 5.91 Å². The fourth-order valence-electron chi connectivity index (χ4n) is 4.28. The minimum absolute atomic E-state index is 0.0227. The molecule has 3 N–H and O–H groups in total. The number of carbonyl (C=O) groups is 1. The third-order valence-electron chi connectivity index (χ3n) is 6.31. The Morgan fingerprint density at radius 1 is 1.17 bits per heavy atom. The number of nitrogens with zero attached hydrogens (tertiary/aromatic N) is 4. The maximum absolute atomic E-state index is 13.2. The second-order valence-electron chi connectivity index (χ2n) is 9.92. The van der Waals surface area contributed by atoms with Gasteiger partial charge in [-0.25, -0.2) is 9.97 Å². The molecule has 2 aromatic carbocycles. The van der Waals surface area contributed by atoms with Crippen molar-refractivity contribution in [2.75, 3.05) is 18.9 Å². The molecule has 0 aliphatic carbocycles. The Morgan fingerprint density at radius 3 is 2.54 bits per heavy atom. The number of carbonyl (C=O) groups excluding carboxylic acids is 1. The van der Waals surface area contributed by atoms with E-state index in [1.807, 2.05) is 36.4 Å². The number of rotatable bonds is 5. The van der Waals surface area contributed by atoms with E-state index in [9.17, 15) is 4.79 Å². The minimum atomic E-state index is -0.309. The van der Waals surface area contributed by atoms with Crippen molar-refractivity contribution in [3.63, 3.8) is 0 Å². The largest absolute Gasteiger partial charge is 0.383 e. The molecule has 180 valence electrons.